The zero-order valence-electron chi connectivity index (χ0n) is 9.21. The minimum absolute atomic E-state index is 0.168. The van der Waals surface area contributed by atoms with Gasteiger partial charge in [0.05, 0.1) is 0 Å². The average Bonchev–Trinajstić information content (AvgIpc) is 2.86. The molecule has 1 aliphatic carbocycles. The molecule has 2 aliphatic rings. The highest BCUT2D eigenvalue weighted by atomic mass is 15.1. The fourth-order valence-corrected chi connectivity index (χ4v) is 2.47. The molecule has 2 N–H and O–H groups in total. The van der Waals surface area contributed by atoms with Gasteiger partial charge in [0.15, 0.2) is 0 Å². The van der Waals surface area contributed by atoms with Crippen LogP contribution in [0.1, 0.15) is 43.6 Å². The normalized spacial score (nSPS) is 22.5. The van der Waals surface area contributed by atoms with E-state index in [0.717, 1.165) is 12.8 Å². The topological polar surface area (TPSA) is 43.8 Å². The SMILES string of the molecule is NC1(CCc2ncc3n2CCCC3)CC1. The molecule has 1 aromatic rings. The second kappa shape index (κ2) is 3.34. The van der Waals surface area contributed by atoms with Crippen molar-refractivity contribution in [3.63, 3.8) is 0 Å². The van der Waals surface area contributed by atoms with Crippen molar-refractivity contribution in [3.8, 4) is 0 Å². The molecule has 1 aromatic heterocycles. The summed E-state index contributed by atoms with van der Waals surface area (Å²) in [5, 5.41) is 0. The minimum atomic E-state index is 0.168. The zero-order valence-corrected chi connectivity index (χ0v) is 9.21. The fourth-order valence-electron chi connectivity index (χ4n) is 2.47. The Hall–Kier alpha value is -0.830. The molecular formula is C12H19N3. The first-order valence-electron chi connectivity index (χ1n) is 6.09. The Kier molecular flexibility index (Phi) is 2.09. The van der Waals surface area contributed by atoms with E-state index in [1.54, 1.807) is 0 Å². The van der Waals surface area contributed by atoms with Crippen LogP contribution in [-0.4, -0.2) is 15.1 Å². The van der Waals surface area contributed by atoms with Gasteiger partial charge in [0, 0.05) is 30.4 Å². The summed E-state index contributed by atoms with van der Waals surface area (Å²) in [6.45, 7) is 1.17. The van der Waals surface area contributed by atoms with E-state index in [2.05, 4.69) is 15.7 Å². The third-order valence-electron chi connectivity index (χ3n) is 3.82. The molecule has 3 heteroatoms. The number of aromatic nitrogens is 2. The van der Waals surface area contributed by atoms with E-state index in [1.165, 1.54) is 50.2 Å². The number of nitrogens with zero attached hydrogens (tertiary/aromatic N) is 2. The highest BCUT2D eigenvalue weighted by molar-refractivity contribution is 5.10. The first kappa shape index (κ1) is 9.40. The van der Waals surface area contributed by atoms with Gasteiger partial charge in [0.25, 0.3) is 0 Å². The van der Waals surface area contributed by atoms with E-state index < -0.39 is 0 Å². The number of aryl methyl sites for hydroxylation is 2. The van der Waals surface area contributed by atoms with Crippen LogP contribution in [0.4, 0.5) is 0 Å². The molecule has 0 unspecified atom stereocenters. The summed E-state index contributed by atoms with van der Waals surface area (Å²) in [6, 6.07) is 0. The Balaban J connectivity index is 1.71. The Morgan fingerprint density at radius 3 is 3.07 bits per heavy atom. The van der Waals surface area contributed by atoms with Gasteiger partial charge in [-0.05, 0) is 38.5 Å². The standard InChI is InChI=1S/C12H19N3/c13-12(6-7-12)5-4-11-14-9-10-3-1-2-8-15(10)11/h9H,1-8,13H2. The van der Waals surface area contributed by atoms with E-state index in [1.807, 2.05) is 0 Å². The van der Waals surface area contributed by atoms with Gasteiger partial charge in [-0.3, -0.25) is 0 Å². The van der Waals surface area contributed by atoms with Gasteiger partial charge in [0.1, 0.15) is 5.82 Å². The molecule has 0 bridgehead atoms. The molecule has 0 spiro atoms. The van der Waals surface area contributed by atoms with Gasteiger partial charge in [-0.2, -0.15) is 0 Å². The second-order valence-electron chi connectivity index (χ2n) is 5.14. The third-order valence-corrected chi connectivity index (χ3v) is 3.82. The number of hydrogen-bond donors (Lipinski definition) is 1. The van der Waals surface area contributed by atoms with Crippen LogP contribution in [-0.2, 0) is 19.4 Å². The maximum atomic E-state index is 6.10. The van der Waals surface area contributed by atoms with Crippen molar-refractivity contribution in [2.45, 2.75) is 57.0 Å². The number of fused-ring (bicyclic) bond motifs is 1. The van der Waals surface area contributed by atoms with Gasteiger partial charge < -0.3 is 10.3 Å². The van der Waals surface area contributed by atoms with Crippen LogP contribution in [0.3, 0.4) is 0 Å². The lowest BCUT2D eigenvalue weighted by molar-refractivity contribution is 0.500. The predicted molar refractivity (Wildman–Crippen MR) is 59.6 cm³/mol. The predicted octanol–water partition coefficient (Wildman–Crippen LogP) is 1.64. The minimum Gasteiger partial charge on any atom is -0.332 e. The first-order valence-corrected chi connectivity index (χ1v) is 6.09. The van der Waals surface area contributed by atoms with Crippen LogP contribution in [0.15, 0.2) is 6.20 Å². The van der Waals surface area contributed by atoms with E-state index in [-0.39, 0.29) is 5.54 Å². The number of nitrogens with two attached hydrogens (primary N) is 1. The summed E-state index contributed by atoms with van der Waals surface area (Å²) in [7, 11) is 0. The molecule has 0 amide bonds. The van der Waals surface area contributed by atoms with Crippen LogP contribution >= 0.6 is 0 Å². The number of imidazole rings is 1. The Labute approximate surface area is 90.7 Å². The molecule has 0 atom stereocenters. The van der Waals surface area contributed by atoms with E-state index in [9.17, 15) is 0 Å². The zero-order chi connectivity index (χ0) is 10.3. The van der Waals surface area contributed by atoms with Crippen molar-refractivity contribution in [1.29, 1.82) is 0 Å². The summed E-state index contributed by atoms with van der Waals surface area (Å²) < 4.78 is 2.41. The lowest BCUT2D eigenvalue weighted by Crippen LogP contribution is -2.23. The van der Waals surface area contributed by atoms with Crippen molar-refractivity contribution in [1.82, 2.24) is 9.55 Å². The highest BCUT2D eigenvalue weighted by Crippen LogP contribution is 2.36. The smallest absolute Gasteiger partial charge is 0.108 e. The maximum Gasteiger partial charge on any atom is 0.108 e. The molecule has 15 heavy (non-hydrogen) atoms. The Morgan fingerprint density at radius 1 is 1.40 bits per heavy atom. The molecule has 3 nitrogen and oxygen atoms in total. The molecule has 82 valence electrons. The average molecular weight is 205 g/mol. The van der Waals surface area contributed by atoms with Gasteiger partial charge in [-0.25, -0.2) is 4.98 Å². The molecule has 0 saturated heterocycles. The second-order valence-corrected chi connectivity index (χ2v) is 5.14. The van der Waals surface area contributed by atoms with Crippen molar-refractivity contribution in [3.05, 3.63) is 17.7 Å². The molecular weight excluding hydrogens is 186 g/mol. The van der Waals surface area contributed by atoms with Gasteiger partial charge >= 0.3 is 0 Å². The fraction of sp³-hybridized carbons (Fsp3) is 0.750. The van der Waals surface area contributed by atoms with E-state index >= 15 is 0 Å². The largest absolute Gasteiger partial charge is 0.332 e. The van der Waals surface area contributed by atoms with Crippen molar-refractivity contribution in [2.24, 2.45) is 5.73 Å². The van der Waals surface area contributed by atoms with Crippen molar-refractivity contribution >= 4 is 0 Å². The molecule has 0 aromatic carbocycles. The summed E-state index contributed by atoms with van der Waals surface area (Å²) in [5.74, 6) is 1.27. The molecule has 1 saturated carbocycles. The van der Waals surface area contributed by atoms with E-state index in [0.29, 0.717) is 0 Å². The van der Waals surface area contributed by atoms with Gasteiger partial charge in [-0.15, -0.1) is 0 Å². The Morgan fingerprint density at radius 2 is 2.27 bits per heavy atom. The van der Waals surface area contributed by atoms with Crippen molar-refractivity contribution < 1.29 is 0 Å². The van der Waals surface area contributed by atoms with Crippen LogP contribution < -0.4 is 5.73 Å². The molecule has 3 rings (SSSR count). The van der Waals surface area contributed by atoms with Crippen LogP contribution in [0.5, 0.6) is 0 Å². The van der Waals surface area contributed by atoms with Crippen LogP contribution in [0, 0.1) is 0 Å². The number of hydrogen-bond acceptors (Lipinski definition) is 2. The third kappa shape index (κ3) is 1.81. The lowest BCUT2D eigenvalue weighted by Gasteiger charge is -2.17. The molecule has 1 aliphatic heterocycles. The summed E-state index contributed by atoms with van der Waals surface area (Å²) in [4.78, 5) is 4.54. The molecule has 2 heterocycles. The quantitative estimate of drug-likeness (QED) is 0.815. The van der Waals surface area contributed by atoms with Gasteiger partial charge in [0.2, 0.25) is 0 Å². The summed E-state index contributed by atoms with van der Waals surface area (Å²) in [6.07, 6.45) is 10.5. The molecule has 1 fully saturated rings. The monoisotopic (exact) mass is 205 g/mol. The maximum absolute atomic E-state index is 6.10. The van der Waals surface area contributed by atoms with Crippen LogP contribution in [0.2, 0.25) is 0 Å². The Bertz CT molecular complexity index is 363. The summed E-state index contributed by atoms with van der Waals surface area (Å²) in [5.41, 5.74) is 7.70. The molecule has 0 radical (unpaired) electrons. The van der Waals surface area contributed by atoms with Crippen LogP contribution in [0.25, 0.3) is 0 Å². The van der Waals surface area contributed by atoms with Gasteiger partial charge in [-0.1, -0.05) is 0 Å². The van der Waals surface area contributed by atoms with E-state index in [4.69, 9.17) is 5.73 Å². The first-order chi connectivity index (χ1) is 7.27. The van der Waals surface area contributed by atoms with Crippen molar-refractivity contribution in [2.75, 3.05) is 0 Å². The lowest BCUT2D eigenvalue weighted by atomic mass is 10.1. The summed E-state index contributed by atoms with van der Waals surface area (Å²) >= 11 is 0. The number of rotatable bonds is 3. The highest BCUT2D eigenvalue weighted by Gasteiger charge is 2.37.